The second kappa shape index (κ2) is 5.96. The van der Waals surface area contributed by atoms with E-state index in [9.17, 15) is 5.26 Å². The van der Waals surface area contributed by atoms with Gasteiger partial charge in [0.15, 0.2) is 0 Å². The first kappa shape index (κ1) is 13.6. The lowest BCUT2D eigenvalue weighted by Gasteiger charge is -2.09. The molecule has 1 atom stereocenters. The highest BCUT2D eigenvalue weighted by atomic mass is 35.5. The van der Waals surface area contributed by atoms with Crippen molar-refractivity contribution in [2.24, 2.45) is 0 Å². The summed E-state index contributed by atoms with van der Waals surface area (Å²) in [4.78, 5) is 3.99. The first-order valence-corrected chi connectivity index (χ1v) is 8.20. The average molecular weight is 320 g/mol. The van der Waals surface area contributed by atoms with E-state index in [0.29, 0.717) is 5.70 Å². The molecule has 0 spiro atoms. The molecule has 0 N–H and O–H groups in total. The van der Waals surface area contributed by atoms with Gasteiger partial charge in [-0.25, -0.2) is 4.98 Å². The minimum absolute atomic E-state index is 0.288. The van der Waals surface area contributed by atoms with Crippen LogP contribution in [0.4, 0.5) is 0 Å². The van der Waals surface area contributed by atoms with Gasteiger partial charge in [-0.1, -0.05) is 29.8 Å². The van der Waals surface area contributed by atoms with Crippen LogP contribution in [-0.2, 0) is 0 Å². The lowest BCUT2D eigenvalue weighted by Crippen LogP contribution is -1.93. The molecule has 2 aromatic rings. The third-order valence-corrected chi connectivity index (χ3v) is 6.19. The molecule has 1 aromatic carbocycles. The Balaban J connectivity index is 1.90. The van der Waals surface area contributed by atoms with Crippen LogP contribution in [0.1, 0.15) is 10.8 Å². The number of nitrogens with zero attached hydrogens (tertiary/aromatic N) is 3. The average Bonchev–Trinajstić information content (AvgIpc) is 3.12. The summed E-state index contributed by atoms with van der Waals surface area (Å²) in [6.07, 6.45) is 5.11. The standard InChI is InChI=1S/C14H10ClN3S2/c15-11-4-2-1-3-10(11)13-8-19-14(20-13)12(7-16)18-6-5-17-9-18/h1-6,9,13H,8H2/b14-12-/t13-/m0/s1. The van der Waals surface area contributed by atoms with Crippen molar-refractivity contribution in [1.82, 2.24) is 9.55 Å². The Labute approximate surface area is 130 Å². The maximum atomic E-state index is 9.36. The number of nitriles is 1. The van der Waals surface area contributed by atoms with Gasteiger partial charge in [0.05, 0.1) is 10.6 Å². The molecule has 1 aliphatic heterocycles. The minimum Gasteiger partial charge on any atom is -0.296 e. The first-order chi connectivity index (χ1) is 9.79. The topological polar surface area (TPSA) is 41.6 Å². The predicted molar refractivity (Wildman–Crippen MR) is 85.3 cm³/mol. The van der Waals surface area contributed by atoms with Crippen molar-refractivity contribution in [3.8, 4) is 6.07 Å². The number of thioether (sulfide) groups is 2. The molecular weight excluding hydrogens is 310 g/mol. The second-order valence-electron chi connectivity index (χ2n) is 4.16. The summed E-state index contributed by atoms with van der Waals surface area (Å²) in [5.74, 6) is 0.920. The number of hydrogen-bond acceptors (Lipinski definition) is 4. The van der Waals surface area contributed by atoms with E-state index in [2.05, 4.69) is 11.1 Å². The maximum absolute atomic E-state index is 9.36. The van der Waals surface area contributed by atoms with Crippen molar-refractivity contribution >= 4 is 40.8 Å². The number of aromatic nitrogens is 2. The highest BCUT2D eigenvalue weighted by Crippen LogP contribution is 2.53. The van der Waals surface area contributed by atoms with Crippen LogP contribution >= 0.6 is 35.1 Å². The predicted octanol–water partition coefficient (Wildman–Crippen LogP) is 4.41. The van der Waals surface area contributed by atoms with E-state index in [4.69, 9.17) is 11.6 Å². The Morgan fingerprint density at radius 1 is 1.45 bits per heavy atom. The molecule has 1 aliphatic rings. The molecule has 3 rings (SSSR count). The number of imidazole rings is 1. The molecule has 1 saturated heterocycles. The molecule has 6 heteroatoms. The summed E-state index contributed by atoms with van der Waals surface area (Å²) < 4.78 is 2.78. The highest BCUT2D eigenvalue weighted by molar-refractivity contribution is 8.25. The number of halogens is 1. The molecule has 0 bridgehead atoms. The summed E-state index contributed by atoms with van der Waals surface area (Å²) in [5, 5.41) is 10.4. The summed E-state index contributed by atoms with van der Waals surface area (Å²) in [7, 11) is 0. The number of hydrogen-bond donors (Lipinski definition) is 0. The lowest BCUT2D eigenvalue weighted by molar-refractivity contribution is 1.10. The van der Waals surface area contributed by atoms with Gasteiger partial charge < -0.3 is 0 Å². The molecule has 100 valence electrons. The molecule has 0 amide bonds. The van der Waals surface area contributed by atoms with Crippen molar-refractivity contribution in [2.45, 2.75) is 5.25 Å². The zero-order valence-corrected chi connectivity index (χ0v) is 12.8. The molecule has 20 heavy (non-hydrogen) atoms. The fourth-order valence-corrected chi connectivity index (χ4v) is 5.22. The number of allylic oxidation sites excluding steroid dienone is 1. The van der Waals surface area contributed by atoms with Gasteiger partial charge in [0.1, 0.15) is 11.8 Å². The van der Waals surface area contributed by atoms with Crippen molar-refractivity contribution in [1.29, 1.82) is 5.26 Å². The van der Waals surface area contributed by atoms with E-state index in [1.54, 1.807) is 46.8 Å². The van der Waals surface area contributed by atoms with Crippen LogP contribution in [0.25, 0.3) is 5.70 Å². The van der Waals surface area contributed by atoms with Gasteiger partial charge in [-0.2, -0.15) is 5.26 Å². The smallest absolute Gasteiger partial charge is 0.145 e. The molecule has 2 heterocycles. The third kappa shape index (κ3) is 2.59. The Hall–Kier alpha value is -1.35. The normalized spacial score (nSPS) is 20.7. The van der Waals surface area contributed by atoms with E-state index < -0.39 is 0 Å². The fraction of sp³-hybridized carbons (Fsp3) is 0.143. The van der Waals surface area contributed by atoms with Gasteiger partial charge in [0.25, 0.3) is 0 Å². The zero-order valence-electron chi connectivity index (χ0n) is 10.4. The fourth-order valence-electron chi connectivity index (χ4n) is 1.96. The molecule has 0 aliphatic carbocycles. The van der Waals surface area contributed by atoms with E-state index in [0.717, 1.165) is 20.6 Å². The van der Waals surface area contributed by atoms with E-state index in [1.165, 1.54) is 0 Å². The van der Waals surface area contributed by atoms with Crippen LogP contribution < -0.4 is 0 Å². The van der Waals surface area contributed by atoms with Crippen molar-refractivity contribution < 1.29 is 0 Å². The van der Waals surface area contributed by atoms with Gasteiger partial charge in [-0.15, -0.1) is 23.5 Å². The maximum Gasteiger partial charge on any atom is 0.145 e. The minimum atomic E-state index is 0.288. The molecular formula is C14H10ClN3S2. The van der Waals surface area contributed by atoms with Crippen LogP contribution in [0.3, 0.4) is 0 Å². The van der Waals surface area contributed by atoms with E-state index in [-0.39, 0.29) is 5.25 Å². The van der Waals surface area contributed by atoms with Gasteiger partial charge in [-0.3, -0.25) is 4.57 Å². The quantitative estimate of drug-likeness (QED) is 0.769. The van der Waals surface area contributed by atoms with Gasteiger partial charge in [0, 0.05) is 28.4 Å². The third-order valence-electron chi connectivity index (χ3n) is 2.93. The molecule has 3 nitrogen and oxygen atoms in total. The van der Waals surface area contributed by atoms with Crippen molar-refractivity contribution in [3.63, 3.8) is 0 Å². The van der Waals surface area contributed by atoms with Crippen LogP contribution in [0, 0.1) is 11.3 Å². The summed E-state index contributed by atoms with van der Waals surface area (Å²) in [6, 6.07) is 10.1. The lowest BCUT2D eigenvalue weighted by atomic mass is 10.2. The number of rotatable bonds is 2. The Morgan fingerprint density at radius 2 is 2.30 bits per heavy atom. The van der Waals surface area contributed by atoms with E-state index in [1.807, 2.05) is 24.3 Å². The van der Waals surface area contributed by atoms with Crippen molar-refractivity contribution in [2.75, 3.05) is 5.75 Å². The van der Waals surface area contributed by atoms with Crippen LogP contribution in [-0.4, -0.2) is 15.3 Å². The monoisotopic (exact) mass is 319 g/mol. The van der Waals surface area contributed by atoms with Gasteiger partial charge in [-0.05, 0) is 11.6 Å². The van der Waals surface area contributed by atoms with Gasteiger partial charge >= 0.3 is 0 Å². The van der Waals surface area contributed by atoms with Gasteiger partial charge in [0.2, 0.25) is 0 Å². The SMILES string of the molecule is N#C/C(=C1\SC[C@@H](c2ccccc2Cl)S1)n1ccnc1. The van der Waals surface area contributed by atoms with Crippen LogP contribution in [0.5, 0.6) is 0 Å². The summed E-state index contributed by atoms with van der Waals surface area (Å²) >= 11 is 9.64. The molecule has 0 radical (unpaired) electrons. The largest absolute Gasteiger partial charge is 0.296 e. The molecule has 1 aromatic heterocycles. The summed E-state index contributed by atoms with van der Waals surface area (Å²) in [5.41, 5.74) is 1.76. The molecule has 0 saturated carbocycles. The molecule has 1 fully saturated rings. The number of benzene rings is 1. The second-order valence-corrected chi connectivity index (χ2v) is 7.07. The van der Waals surface area contributed by atoms with Crippen LogP contribution in [0.15, 0.2) is 47.2 Å². The van der Waals surface area contributed by atoms with E-state index >= 15 is 0 Å². The zero-order chi connectivity index (χ0) is 13.9. The summed E-state index contributed by atoms with van der Waals surface area (Å²) in [6.45, 7) is 0. The first-order valence-electron chi connectivity index (χ1n) is 5.96. The molecule has 0 unspecified atom stereocenters. The highest BCUT2D eigenvalue weighted by Gasteiger charge is 2.27. The Kier molecular flexibility index (Phi) is 4.06. The van der Waals surface area contributed by atoms with Crippen LogP contribution in [0.2, 0.25) is 5.02 Å². The Morgan fingerprint density at radius 3 is 3.00 bits per heavy atom. The van der Waals surface area contributed by atoms with Crippen molar-refractivity contribution in [3.05, 3.63) is 57.8 Å². The Bertz CT molecular complexity index is 689.